The van der Waals surface area contributed by atoms with Gasteiger partial charge in [-0.3, -0.25) is 0 Å². The van der Waals surface area contributed by atoms with E-state index in [0.29, 0.717) is 12.6 Å². The number of nitrogens with two attached hydrogens (primary N) is 1. The second-order valence-corrected chi connectivity index (χ2v) is 4.75. The first-order valence-corrected chi connectivity index (χ1v) is 5.84. The molecule has 1 aliphatic carbocycles. The molecule has 0 heterocycles. The van der Waals surface area contributed by atoms with Crippen LogP contribution in [0.25, 0.3) is 0 Å². The van der Waals surface area contributed by atoms with E-state index >= 15 is 0 Å². The Balaban J connectivity index is 2.11. The Morgan fingerprint density at radius 3 is 2.50 bits per heavy atom. The van der Waals surface area contributed by atoms with Crippen LogP contribution in [0.5, 0.6) is 0 Å². The quantitative estimate of drug-likeness (QED) is 0.776. The van der Waals surface area contributed by atoms with Crippen molar-refractivity contribution < 1.29 is 5.11 Å². The summed E-state index contributed by atoms with van der Waals surface area (Å²) in [5.74, 6) is 0. The maximum Gasteiger partial charge on any atom is 0.114 e. The standard InChI is InChI=1S/C13H20N2O/c1-15(12-7-8-12)10-13(16,9-14)11-5-3-2-4-6-11/h2-6,12,16H,7-10,14H2,1H3. The van der Waals surface area contributed by atoms with Crippen LogP contribution < -0.4 is 5.73 Å². The lowest BCUT2D eigenvalue weighted by Crippen LogP contribution is -2.45. The molecule has 3 N–H and O–H groups in total. The molecule has 0 aliphatic heterocycles. The summed E-state index contributed by atoms with van der Waals surface area (Å²) in [4.78, 5) is 2.21. The summed E-state index contributed by atoms with van der Waals surface area (Å²) < 4.78 is 0. The Hall–Kier alpha value is -0.900. The lowest BCUT2D eigenvalue weighted by Gasteiger charge is -2.32. The van der Waals surface area contributed by atoms with Crippen molar-refractivity contribution in [3.8, 4) is 0 Å². The highest BCUT2D eigenvalue weighted by Gasteiger charge is 2.34. The third-order valence-electron chi connectivity index (χ3n) is 3.33. The molecule has 0 bridgehead atoms. The van der Waals surface area contributed by atoms with Gasteiger partial charge in [-0.1, -0.05) is 30.3 Å². The molecule has 88 valence electrons. The number of aliphatic hydroxyl groups is 1. The van der Waals surface area contributed by atoms with Gasteiger partial charge in [0.05, 0.1) is 0 Å². The molecule has 1 fully saturated rings. The predicted octanol–water partition coefficient (Wildman–Crippen LogP) is 0.927. The maximum atomic E-state index is 10.6. The molecule has 0 amide bonds. The van der Waals surface area contributed by atoms with Gasteiger partial charge in [-0.15, -0.1) is 0 Å². The molecule has 16 heavy (non-hydrogen) atoms. The maximum absolute atomic E-state index is 10.6. The van der Waals surface area contributed by atoms with E-state index in [4.69, 9.17) is 5.73 Å². The van der Waals surface area contributed by atoms with Gasteiger partial charge in [-0.05, 0) is 25.5 Å². The number of hydrogen-bond donors (Lipinski definition) is 2. The number of hydrogen-bond acceptors (Lipinski definition) is 3. The second kappa shape index (κ2) is 4.53. The Kier molecular flexibility index (Phi) is 3.28. The number of benzene rings is 1. The van der Waals surface area contributed by atoms with E-state index in [1.54, 1.807) is 0 Å². The van der Waals surface area contributed by atoms with Gasteiger partial charge >= 0.3 is 0 Å². The molecule has 2 rings (SSSR count). The van der Waals surface area contributed by atoms with Gasteiger partial charge < -0.3 is 15.7 Å². The van der Waals surface area contributed by atoms with E-state index in [9.17, 15) is 5.11 Å². The van der Waals surface area contributed by atoms with Gasteiger partial charge in [0.25, 0.3) is 0 Å². The van der Waals surface area contributed by atoms with Crippen LogP contribution in [0, 0.1) is 0 Å². The molecule has 1 unspecified atom stereocenters. The largest absolute Gasteiger partial charge is 0.382 e. The third-order valence-corrected chi connectivity index (χ3v) is 3.33. The summed E-state index contributed by atoms with van der Waals surface area (Å²) in [6.07, 6.45) is 2.48. The molecule has 3 nitrogen and oxygen atoms in total. The fourth-order valence-corrected chi connectivity index (χ4v) is 2.08. The monoisotopic (exact) mass is 220 g/mol. The van der Waals surface area contributed by atoms with E-state index in [1.807, 2.05) is 30.3 Å². The zero-order valence-corrected chi connectivity index (χ0v) is 9.76. The van der Waals surface area contributed by atoms with Crippen LogP contribution in [-0.4, -0.2) is 36.2 Å². The summed E-state index contributed by atoms with van der Waals surface area (Å²) in [6, 6.07) is 10.3. The number of nitrogens with zero attached hydrogens (tertiary/aromatic N) is 1. The first-order valence-electron chi connectivity index (χ1n) is 5.84. The van der Waals surface area contributed by atoms with Crippen LogP contribution in [0.1, 0.15) is 18.4 Å². The third kappa shape index (κ3) is 2.43. The molecular weight excluding hydrogens is 200 g/mol. The Morgan fingerprint density at radius 1 is 1.38 bits per heavy atom. The molecule has 3 heteroatoms. The number of likely N-dealkylation sites (N-methyl/N-ethyl adjacent to an activating group) is 1. The molecule has 1 aromatic carbocycles. The summed E-state index contributed by atoms with van der Waals surface area (Å²) in [5, 5.41) is 10.6. The first-order chi connectivity index (χ1) is 7.65. The Labute approximate surface area is 96.9 Å². The van der Waals surface area contributed by atoms with Crippen LogP contribution in [0.3, 0.4) is 0 Å². The summed E-state index contributed by atoms with van der Waals surface area (Å²) in [6.45, 7) is 0.867. The predicted molar refractivity (Wildman–Crippen MR) is 65.0 cm³/mol. The van der Waals surface area contributed by atoms with E-state index in [1.165, 1.54) is 12.8 Å². The molecule has 1 saturated carbocycles. The van der Waals surface area contributed by atoms with Crippen molar-refractivity contribution in [2.45, 2.75) is 24.5 Å². The highest BCUT2D eigenvalue weighted by Crippen LogP contribution is 2.29. The lowest BCUT2D eigenvalue weighted by atomic mass is 9.93. The minimum absolute atomic E-state index is 0.258. The molecule has 0 radical (unpaired) electrons. The van der Waals surface area contributed by atoms with E-state index in [0.717, 1.165) is 5.56 Å². The van der Waals surface area contributed by atoms with E-state index < -0.39 is 5.60 Å². The van der Waals surface area contributed by atoms with Crippen molar-refractivity contribution in [2.75, 3.05) is 20.1 Å². The zero-order valence-electron chi connectivity index (χ0n) is 9.76. The van der Waals surface area contributed by atoms with Crippen LogP contribution in [0.2, 0.25) is 0 Å². The molecule has 1 aromatic rings. The van der Waals surface area contributed by atoms with Crippen molar-refractivity contribution in [2.24, 2.45) is 5.73 Å². The Morgan fingerprint density at radius 2 is 2.00 bits per heavy atom. The topological polar surface area (TPSA) is 49.5 Å². The Bertz CT molecular complexity index is 337. The first kappa shape index (κ1) is 11.6. The van der Waals surface area contributed by atoms with Gasteiger partial charge in [-0.2, -0.15) is 0 Å². The van der Waals surface area contributed by atoms with Crippen molar-refractivity contribution in [3.05, 3.63) is 35.9 Å². The molecule has 1 aliphatic rings. The zero-order chi connectivity index (χ0) is 11.6. The molecule has 0 spiro atoms. The lowest BCUT2D eigenvalue weighted by molar-refractivity contribution is 0.0118. The van der Waals surface area contributed by atoms with Gasteiger partial charge in [0.15, 0.2) is 0 Å². The molecule has 0 aromatic heterocycles. The SMILES string of the molecule is CN(CC(O)(CN)c1ccccc1)C1CC1. The van der Waals surface area contributed by atoms with Gasteiger partial charge in [0.2, 0.25) is 0 Å². The van der Waals surface area contributed by atoms with Crippen LogP contribution in [0.15, 0.2) is 30.3 Å². The van der Waals surface area contributed by atoms with Crippen molar-refractivity contribution in [1.82, 2.24) is 4.90 Å². The van der Waals surface area contributed by atoms with Crippen LogP contribution in [0.4, 0.5) is 0 Å². The van der Waals surface area contributed by atoms with Crippen molar-refractivity contribution >= 4 is 0 Å². The molecule has 0 saturated heterocycles. The summed E-state index contributed by atoms with van der Waals surface area (Å²) >= 11 is 0. The summed E-state index contributed by atoms with van der Waals surface area (Å²) in [7, 11) is 2.06. The van der Waals surface area contributed by atoms with E-state index in [-0.39, 0.29) is 6.54 Å². The minimum Gasteiger partial charge on any atom is -0.382 e. The van der Waals surface area contributed by atoms with Crippen molar-refractivity contribution in [1.29, 1.82) is 0 Å². The average Bonchev–Trinajstić information content (AvgIpc) is 3.14. The molecule has 1 atom stereocenters. The highest BCUT2D eigenvalue weighted by molar-refractivity contribution is 5.23. The fraction of sp³-hybridized carbons (Fsp3) is 0.538. The van der Waals surface area contributed by atoms with Gasteiger partial charge in [0, 0.05) is 19.1 Å². The average molecular weight is 220 g/mol. The highest BCUT2D eigenvalue weighted by atomic mass is 16.3. The van der Waals surface area contributed by atoms with E-state index in [2.05, 4.69) is 11.9 Å². The van der Waals surface area contributed by atoms with Crippen LogP contribution in [-0.2, 0) is 5.60 Å². The number of rotatable bonds is 5. The van der Waals surface area contributed by atoms with Gasteiger partial charge in [0.1, 0.15) is 5.60 Å². The second-order valence-electron chi connectivity index (χ2n) is 4.75. The van der Waals surface area contributed by atoms with Crippen molar-refractivity contribution in [3.63, 3.8) is 0 Å². The van der Waals surface area contributed by atoms with Gasteiger partial charge in [-0.25, -0.2) is 0 Å². The summed E-state index contributed by atoms with van der Waals surface area (Å²) in [5.41, 5.74) is 5.72. The smallest absolute Gasteiger partial charge is 0.114 e. The van der Waals surface area contributed by atoms with Crippen LogP contribution >= 0.6 is 0 Å². The normalized spacial score (nSPS) is 19.8. The fourth-order valence-electron chi connectivity index (χ4n) is 2.08. The molecular formula is C13H20N2O. The minimum atomic E-state index is -0.918.